The van der Waals surface area contributed by atoms with E-state index < -0.39 is 5.97 Å². The van der Waals surface area contributed by atoms with Gasteiger partial charge in [-0.1, -0.05) is 42.5 Å². The summed E-state index contributed by atoms with van der Waals surface area (Å²) in [6.07, 6.45) is 1.94. The van der Waals surface area contributed by atoms with Gasteiger partial charge in [0.05, 0.1) is 11.5 Å². The van der Waals surface area contributed by atoms with Crippen molar-refractivity contribution in [2.75, 3.05) is 13.1 Å². The monoisotopic (exact) mass is 352 g/mol. The molecule has 1 aliphatic rings. The molecular formula is C21H24N2O3. The van der Waals surface area contributed by atoms with Crippen LogP contribution in [0.1, 0.15) is 34.3 Å². The summed E-state index contributed by atoms with van der Waals surface area (Å²) in [5, 5.41) is 11.9. The van der Waals surface area contributed by atoms with E-state index in [1.54, 1.807) is 24.3 Å². The first-order valence-corrected chi connectivity index (χ1v) is 8.98. The van der Waals surface area contributed by atoms with Gasteiger partial charge in [-0.05, 0) is 42.6 Å². The zero-order chi connectivity index (χ0) is 18.4. The molecule has 3 rings (SSSR count). The second-order valence-corrected chi connectivity index (χ2v) is 6.78. The average molecular weight is 352 g/mol. The number of carbonyl (C=O) groups excluding carboxylic acids is 1. The third kappa shape index (κ3) is 4.92. The first-order chi connectivity index (χ1) is 12.6. The number of carboxylic acid groups (broad SMARTS) is 1. The molecule has 0 radical (unpaired) electrons. The van der Waals surface area contributed by atoms with E-state index in [9.17, 15) is 9.59 Å². The van der Waals surface area contributed by atoms with Crippen LogP contribution in [0.3, 0.4) is 0 Å². The summed E-state index contributed by atoms with van der Waals surface area (Å²) in [7, 11) is 0. The number of hydrogen-bond donors (Lipinski definition) is 2. The Labute approximate surface area is 153 Å². The Morgan fingerprint density at radius 2 is 1.77 bits per heavy atom. The van der Waals surface area contributed by atoms with Crippen molar-refractivity contribution in [2.24, 2.45) is 5.92 Å². The van der Waals surface area contributed by atoms with Gasteiger partial charge in [-0.15, -0.1) is 0 Å². The minimum absolute atomic E-state index is 0.00533. The first-order valence-electron chi connectivity index (χ1n) is 8.98. The predicted molar refractivity (Wildman–Crippen MR) is 99.7 cm³/mol. The summed E-state index contributed by atoms with van der Waals surface area (Å²) >= 11 is 0. The molecule has 0 spiro atoms. The summed E-state index contributed by atoms with van der Waals surface area (Å²) in [6.45, 7) is 3.10. The second kappa shape index (κ2) is 8.63. The molecule has 1 atom stereocenters. The number of amides is 1. The molecule has 1 aliphatic heterocycles. The van der Waals surface area contributed by atoms with E-state index >= 15 is 0 Å². The molecule has 1 heterocycles. The van der Waals surface area contributed by atoms with E-state index in [0.717, 1.165) is 38.0 Å². The van der Waals surface area contributed by atoms with Crippen LogP contribution < -0.4 is 5.32 Å². The normalized spacial score (nSPS) is 17.6. The van der Waals surface area contributed by atoms with Crippen LogP contribution in [0, 0.1) is 5.92 Å². The smallest absolute Gasteiger partial charge is 0.335 e. The highest BCUT2D eigenvalue weighted by Crippen LogP contribution is 2.19. The van der Waals surface area contributed by atoms with Crippen LogP contribution in [0.25, 0.3) is 0 Å². The molecule has 26 heavy (non-hydrogen) atoms. The van der Waals surface area contributed by atoms with Crippen molar-refractivity contribution in [1.29, 1.82) is 0 Å². The molecule has 2 N–H and O–H groups in total. The fourth-order valence-electron chi connectivity index (χ4n) is 3.35. The molecular weight excluding hydrogens is 328 g/mol. The van der Waals surface area contributed by atoms with E-state index in [4.69, 9.17) is 5.11 Å². The van der Waals surface area contributed by atoms with E-state index in [-0.39, 0.29) is 17.4 Å². The minimum Gasteiger partial charge on any atom is -0.478 e. The molecule has 0 bridgehead atoms. The number of likely N-dealkylation sites (tertiary alicyclic amines) is 1. The van der Waals surface area contributed by atoms with Gasteiger partial charge in [0.25, 0.3) is 0 Å². The standard InChI is InChI=1S/C21H24N2O3/c24-20(22-13-16-8-10-18(11-9-16)21(25)26)19-7-4-12-23(15-19)14-17-5-2-1-3-6-17/h1-3,5-6,8-11,19H,4,7,12-15H2,(H,22,24)(H,25,26)/t19-/m0/s1. The van der Waals surface area contributed by atoms with Gasteiger partial charge >= 0.3 is 5.97 Å². The van der Waals surface area contributed by atoms with Crippen molar-refractivity contribution in [3.8, 4) is 0 Å². The maximum atomic E-state index is 12.5. The van der Waals surface area contributed by atoms with Gasteiger partial charge < -0.3 is 10.4 Å². The van der Waals surface area contributed by atoms with Crippen molar-refractivity contribution in [3.63, 3.8) is 0 Å². The molecule has 1 fully saturated rings. The highest BCUT2D eigenvalue weighted by Gasteiger charge is 2.25. The molecule has 1 amide bonds. The summed E-state index contributed by atoms with van der Waals surface area (Å²) < 4.78 is 0. The van der Waals surface area contributed by atoms with Gasteiger partial charge in [-0.25, -0.2) is 4.79 Å². The molecule has 1 saturated heterocycles. The molecule has 136 valence electrons. The molecule has 0 aliphatic carbocycles. The van der Waals surface area contributed by atoms with E-state index in [1.165, 1.54) is 5.56 Å². The second-order valence-electron chi connectivity index (χ2n) is 6.78. The highest BCUT2D eigenvalue weighted by atomic mass is 16.4. The fourth-order valence-corrected chi connectivity index (χ4v) is 3.35. The Morgan fingerprint density at radius 3 is 2.46 bits per heavy atom. The number of piperidine rings is 1. The van der Waals surface area contributed by atoms with Gasteiger partial charge in [0.1, 0.15) is 0 Å². The van der Waals surface area contributed by atoms with E-state index in [2.05, 4.69) is 22.3 Å². The summed E-state index contributed by atoms with van der Waals surface area (Å²) in [6, 6.07) is 16.9. The topological polar surface area (TPSA) is 69.6 Å². The Kier molecular flexibility index (Phi) is 6.02. The maximum absolute atomic E-state index is 12.5. The summed E-state index contributed by atoms with van der Waals surface area (Å²) in [5.41, 5.74) is 2.43. The largest absolute Gasteiger partial charge is 0.478 e. The first kappa shape index (κ1) is 18.1. The third-order valence-corrected chi connectivity index (χ3v) is 4.79. The van der Waals surface area contributed by atoms with Crippen molar-refractivity contribution < 1.29 is 14.7 Å². The summed E-state index contributed by atoms with van der Waals surface area (Å²) in [5.74, 6) is -0.864. The zero-order valence-corrected chi connectivity index (χ0v) is 14.7. The summed E-state index contributed by atoms with van der Waals surface area (Å²) in [4.78, 5) is 25.7. The molecule has 0 saturated carbocycles. The molecule has 2 aromatic rings. The van der Waals surface area contributed by atoms with Gasteiger partial charge in [0.15, 0.2) is 0 Å². The molecule has 2 aromatic carbocycles. The van der Waals surface area contributed by atoms with Crippen molar-refractivity contribution in [3.05, 3.63) is 71.3 Å². The number of benzene rings is 2. The number of hydrogen-bond acceptors (Lipinski definition) is 3. The highest BCUT2D eigenvalue weighted by molar-refractivity contribution is 5.87. The van der Waals surface area contributed by atoms with Crippen molar-refractivity contribution in [1.82, 2.24) is 10.2 Å². The lowest BCUT2D eigenvalue weighted by Gasteiger charge is -2.32. The number of aromatic carboxylic acids is 1. The van der Waals surface area contributed by atoms with Crippen molar-refractivity contribution in [2.45, 2.75) is 25.9 Å². The van der Waals surface area contributed by atoms with Crippen LogP contribution in [-0.4, -0.2) is 35.0 Å². The van der Waals surface area contributed by atoms with Crippen LogP contribution >= 0.6 is 0 Å². The Morgan fingerprint density at radius 1 is 1.04 bits per heavy atom. The molecule has 5 nitrogen and oxygen atoms in total. The van der Waals surface area contributed by atoms with Gasteiger partial charge in [-0.3, -0.25) is 9.69 Å². The fraction of sp³-hybridized carbons (Fsp3) is 0.333. The van der Waals surface area contributed by atoms with Crippen LogP contribution in [0.15, 0.2) is 54.6 Å². The Balaban J connectivity index is 1.50. The van der Waals surface area contributed by atoms with E-state index in [1.807, 2.05) is 18.2 Å². The average Bonchev–Trinajstić information content (AvgIpc) is 2.67. The lowest BCUT2D eigenvalue weighted by Crippen LogP contribution is -2.42. The number of carboxylic acids is 1. The molecule has 5 heteroatoms. The third-order valence-electron chi connectivity index (χ3n) is 4.79. The minimum atomic E-state index is -0.943. The van der Waals surface area contributed by atoms with Crippen LogP contribution in [0.4, 0.5) is 0 Å². The van der Waals surface area contributed by atoms with Crippen LogP contribution in [0.5, 0.6) is 0 Å². The van der Waals surface area contributed by atoms with E-state index in [0.29, 0.717) is 6.54 Å². The number of nitrogens with one attached hydrogen (secondary N) is 1. The zero-order valence-electron chi connectivity index (χ0n) is 14.7. The molecule has 0 aromatic heterocycles. The maximum Gasteiger partial charge on any atom is 0.335 e. The van der Waals surface area contributed by atoms with Crippen molar-refractivity contribution >= 4 is 11.9 Å². The Bertz CT molecular complexity index is 744. The number of rotatable bonds is 6. The predicted octanol–water partition coefficient (Wildman–Crippen LogP) is 2.91. The van der Waals surface area contributed by atoms with Gasteiger partial charge in [0, 0.05) is 19.6 Å². The lowest BCUT2D eigenvalue weighted by molar-refractivity contribution is -0.126. The van der Waals surface area contributed by atoms with Gasteiger partial charge in [-0.2, -0.15) is 0 Å². The SMILES string of the molecule is O=C(O)c1ccc(CNC(=O)[C@H]2CCCN(Cc3ccccc3)C2)cc1. The van der Waals surface area contributed by atoms with Crippen LogP contribution in [0.2, 0.25) is 0 Å². The molecule has 0 unspecified atom stereocenters. The number of carbonyl (C=O) groups is 2. The Hall–Kier alpha value is -2.66. The van der Waals surface area contributed by atoms with Gasteiger partial charge in [0.2, 0.25) is 5.91 Å². The quantitative estimate of drug-likeness (QED) is 0.839. The number of nitrogens with zero attached hydrogens (tertiary/aromatic N) is 1. The lowest BCUT2D eigenvalue weighted by atomic mass is 9.96. The van der Waals surface area contributed by atoms with Crippen LogP contribution in [-0.2, 0) is 17.9 Å².